The molecule has 6 nitrogen and oxygen atoms in total. The molecule has 2 rings (SSSR count). The minimum atomic E-state index is -3.72. The van der Waals surface area contributed by atoms with E-state index in [1.807, 2.05) is 20.8 Å². The topological polar surface area (TPSA) is 72.9 Å². The summed E-state index contributed by atoms with van der Waals surface area (Å²) in [6.07, 6.45) is 1.08. The number of likely N-dealkylation sites (tertiary alicyclic amines) is 1. The van der Waals surface area contributed by atoms with Gasteiger partial charge in [0.1, 0.15) is 5.60 Å². The van der Waals surface area contributed by atoms with E-state index in [-0.39, 0.29) is 23.5 Å². The number of carbonyl (C=O) groups excluding carboxylic acids is 1. The van der Waals surface area contributed by atoms with Crippen LogP contribution in [0, 0.1) is 5.92 Å². The third kappa shape index (κ3) is 5.49. The van der Waals surface area contributed by atoms with Crippen molar-refractivity contribution in [2.24, 2.45) is 5.92 Å². The van der Waals surface area contributed by atoms with E-state index in [4.69, 9.17) is 8.92 Å². The van der Waals surface area contributed by atoms with Crippen molar-refractivity contribution < 1.29 is 22.1 Å². The van der Waals surface area contributed by atoms with Gasteiger partial charge in [-0.3, -0.25) is 4.18 Å². The van der Waals surface area contributed by atoms with Gasteiger partial charge in [0, 0.05) is 13.1 Å². The van der Waals surface area contributed by atoms with Crippen LogP contribution in [0.2, 0.25) is 0 Å². The molecule has 0 bridgehead atoms. The van der Waals surface area contributed by atoms with Crippen LogP contribution in [0.3, 0.4) is 0 Å². The Hall–Kier alpha value is -1.60. The van der Waals surface area contributed by atoms with Crippen molar-refractivity contribution in [2.75, 3.05) is 19.7 Å². The highest BCUT2D eigenvalue weighted by Gasteiger charge is 2.28. The first-order chi connectivity index (χ1) is 11.2. The van der Waals surface area contributed by atoms with E-state index in [1.165, 1.54) is 12.1 Å². The Kier molecular flexibility index (Phi) is 5.87. The first-order valence-corrected chi connectivity index (χ1v) is 9.50. The highest BCUT2D eigenvalue weighted by Crippen LogP contribution is 2.22. The van der Waals surface area contributed by atoms with E-state index in [1.54, 1.807) is 23.1 Å². The first kappa shape index (κ1) is 18.7. The molecular formula is C17H25NO5S. The molecule has 1 amide bonds. The van der Waals surface area contributed by atoms with Gasteiger partial charge in [0.2, 0.25) is 0 Å². The van der Waals surface area contributed by atoms with Crippen LogP contribution < -0.4 is 0 Å². The fourth-order valence-corrected chi connectivity index (χ4v) is 3.45. The zero-order chi connectivity index (χ0) is 17.8. The summed E-state index contributed by atoms with van der Waals surface area (Å²) >= 11 is 0. The maximum absolute atomic E-state index is 12.1. The Morgan fingerprint density at radius 3 is 2.29 bits per heavy atom. The molecule has 1 heterocycles. The number of hydrogen-bond acceptors (Lipinski definition) is 5. The van der Waals surface area contributed by atoms with Gasteiger partial charge in [-0.25, -0.2) is 4.79 Å². The van der Waals surface area contributed by atoms with Gasteiger partial charge in [0.05, 0.1) is 11.5 Å². The van der Waals surface area contributed by atoms with Crippen molar-refractivity contribution in [3.05, 3.63) is 30.3 Å². The Balaban J connectivity index is 1.80. The molecule has 0 spiro atoms. The van der Waals surface area contributed by atoms with Gasteiger partial charge < -0.3 is 9.64 Å². The third-order valence-electron chi connectivity index (χ3n) is 3.76. The SMILES string of the molecule is CC(C)(C)OC(=O)N1CCC(COS(=O)(=O)c2ccccc2)CC1. The van der Waals surface area contributed by atoms with Crippen LogP contribution in [0.1, 0.15) is 33.6 Å². The quantitative estimate of drug-likeness (QED) is 0.776. The second kappa shape index (κ2) is 7.53. The number of carbonyl (C=O) groups is 1. The summed E-state index contributed by atoms with van der Waals surface area (Å²) in [5.41, 5.74) is -0.513. The Labute approximate surface area is 143 Å². The predicted octanol–water partition coefficient (Wildman–Crippen LogP) is 3.04. The standard InChI is InChI=1S/C17H25NO5S/c1-17(2,3)23-16(19)18-11-9-14(10-12-18)13-22-24(20,21)15-7-5-4-6-8-15/h4-8,14H,9-13H2,1-3H3. The average Bonchev–Trinajstić information content (AvgIpc) is 2.53. The van der Waals surface area contributed by atoms with Crippen molar-refractivity contribution in [1.29, 1.82) is 0 Å². The number of piperidine rings is 1. The summed E-state index contributed by atoms with van der Waals surface area (Å²) < 4.78 is 34.7. The van der Waals surface area contributed by atoms with E-state index in [9.17, 15) is 13.2 Å². The zero-order valence-corrected chi connectivity index (χ0v) is 15.2. The number of nitrogens with zero attached hydrogens (tertiary/aromatic N) is 1. The van der Waals surface area contributed by atoms with E-state index in [2.05, 4.69) is 0 Å². The lowest BCUT2D eigenvalue weighted by molar-refractivity contribution is 0.0165. The fraction of sp³-hybridized carbons (Fsp3) is 0.588. The van der Waals surface area contributed by atoms with Gasteiger partial charge >= 0.3 is 6.09 Å². The van der Waals surface area contributed by atoms with Crippen molar-refractivity contribution in [3.8, 4) is 0 Å². The second-order valence-electron chi connectivity index (χ2n) is 6.96. The second-order valence-corrected chi connectivity index (χ2v) is 8.58. The molecule has 1 fully saturated rings. The van der Waals surface area contributed by atoms with Gasteiger partial charge in [-0.05, 0) is 51.7 Å². The van der Waals surface area contributed by atoms with Crippen molar-refractivity contribution >= 4 is 16.2 Å². The molecule has 0 radical (unpaired) electrons. The summed E-state index contributed by atoms with van der Waals surface area (Å²) in [5.74, 6) is 0.113. The van der Waals surface area contributed by atoms with E-state index < -0.39 is 15.7 Å². The van der Waals surface area contributed by atoms with E-state index >= 15 is 0 Å². The normalized spacial score (nSPS) is 16.9. The largest absolute Gasteiger partial charge is 0.444 e. The lowest BCUT2D eigenvalue weighted by Gasteiger charge is -2.33. The maximum Gasteiger partial charge on any atom is 0.410 e. The minimum absolute atomic E-state index is 0.113. The summed E-state index contributed by atoms with van der Waals surface area (Å²) in [7, 11) is -3.72. The predicted molar refractivity (Wildman–Crippen MR) is 90.1 cm³/mol. The van der Waals surface area contributed by atoms with Crippen LogP contribution in [0.25, 0.3) is 0 Å². The fourth-order valence-electron chi connectivity index (χ4n) is 2.45. The molecule has 1 saturated heterocycles. The van der Waals surface area contributed by atoms with Crippen LogP contribution in [0.15, 0.2) is 35.2 Å². The van der Waals surface area contributed by atoms with E-state index in [0.717, 1.165) is 0 Å². The van der Waals surface area contributed by atoms with Gasteiger partial charge in [-0.15, -0.1) is 0 Å². The Morgan fingerprint density at radius 2 is 1.75 bits per heavy atom. The summed E-state index contributed by atoms with van der Waals surface area (Å²) in [6, 6.07) is 8.11. The van der Waals surface area contributed by atoms with Crippen molar-refractivity contribution in [1.82, 2.24) is 4.90 Å². The van der Waals surface area contributed by atoms with Crippen molar-refractivity contribution in [2.45, 2.75) is 44.1 Å². The monoisotopic (exact) mass is 355 g/mol. The molecule has 0 aliphatic carbocycles. The van der Waals surface area contributed by atoms with Crippen LogP contribution in [0.4, 0.5) is 4.79 Å². The van der Waals surface area contributed by atoms with Crippen LogP contribution >= 0.6 is 0 Å². The number of amides is 1. The molecule has 1 aliphatic rings. The molecule has 7 heteroatoms. The number of rotatable bonds is 4. The molecule has 24 heavy (non-hydrogen) atoms. The van der Waals surface area contributed by atoms with E-state index in [0.29, 0.717) is 25.9 Å². The zero-order valence-electron chi connectivity index (χ0n) is 14.4. The lowest BCUT2D eigenvalue weighted by Crippen LogP contribution is -2.42. The molecule has 1 aromatic carbocycles. The van der Waals surface area contributed by atoms with Gasteiger partial charge in [-0.1, -0.05) is 18.2 Å². The maximum atomic E-state index is 12.1. The summed E-state index contributed by atoms with van der Waals surface area (Å²) in [4.78, 5) is 13.8. The molecule has 0 N–H and O–H groups in total. The molecule has 0 saturated carbocycles. The van der Waals surface area contributed by atoms with Crippen molar-refractivity contribution in [3.63, 3.8) is 0 Å². The Morgan fingerprint density at radius 1 is 1.17 bits per heavy atom. The third-order valence-corrected chi connectivity index (χ3v) is 5.05. The molecule has 0 aromatic heterocycles. The Bertz CT molecular complexity index is 643. The van der Waals surface area contributed by atoms with Gasteiger partial charge in [0.25, 0.3) is 10.1 Å². The summed E-state index contributed by atoms with van der Waals surface area (Å²) in [6.45, 7) is 6.74. The molecular weight excluding hydrogens is 330 g/mol. The minimum Gasteiger partial charge on any atom is -0.444 e. The highest BCUT2D eigenvalue weighted by molar-refractivity contribution is 7.86. The molecule has 134 valence electrons. The molecule has 1 aromatic rings. The molecule has 0 atom stereocenters. The number of ether oxygens (including phenoxy) is 1. The average molecular weight is 355 g/mol. The summed E-state index contributed by atoms with van der Waals surface area (Å²) in [5, 5.41) is 0. The van der Waals surface area contributed by atoms with Crippen LogP contribution in [-0.2, 0) is 19.0 Å². The van der Waals surface area contributed by atoms with Gasteiger partial charge in [0.15, 0.2) is 0 Å². The van der Waals surface area contributed by atoms with Crippen LogP contribution in [0.5, 0.6) is 0 Å². The molecule has 0 unspecified atom stereocenters. The lowest BCUT2D eigenvalue weighted by atomic mass is 9.98. The molecule has 1 aliphatic heterocycles. The number of hydrogen-bond donors (Lipinski definition) is 0. The number of benzene rings is 1. The van der Waals surface area contributed by atoms with Gasteiger partial charge in [-0.2, -0.15) is 8.42 Å². The van der Waals surface area contributed by atoms with Crippen LogP contribution in [-0.4, -0.2) is 44.7 Å². The first-order valence-electron chi connectivity index (χ1n) is 8.10. The smallest absolute Gasteiger partial charge is 0.410 e. The highest BCUT2D eigenvalue weighted by atomic mass is 32.2.